The molecule has 0 heterocycles. The number of sulfonamides is 1. The maximum Gasteiger partial charge on any atom is 0.242 e. The number of rotatable bonds is 5. The molecular formula is C11H14N2O3S. The lowest BCUT2D eigenvalue weighted by molar-refractivity contribution is 0.414. The normalized spacial score (nSPS) is 10.8. The summed E-state index contributed by atoms with van der Waals surface area (Å²) in [5, 5.41) is 0. The summed E-state index contributed by atoms with van der Waals surface area (Å²) in [7, 11) is -2.13. The fraction of sp³-hybridized carbons (Fsp3) is 0.273. The fourth-order valence-electron chi connectivity index (χ4n) is 1.23. The molecule has 0 spiro atoms. The monoisotopic (exact) mass is 254 g/mol. The fourth-order valence-corrected chi connectivity index (χ4v) is 2.38. The van der Waals surface area contributed by atoms with Crippen LogP contribution >= 0.6 is 0 Å². The van der Waals surface area contributed by atoms with Crippen molar-refractivity contribution in [2.24, 2.45) is 0 Å². The van der Waals surface area contributed by atoms with Gasteiger partial charge in [-0.25, -0.2) is 13.1 Å². The maximum atomic E-state index is 11.8. The highest BCUT2D eigenvalue weighted by Crippen LogP contribution is 2.23. The predicted octanol–water partition coefficient (Wildman–Crippen LogP) is 0.579. The van der Waals surface area contributed by atoms with Crippen LogP contribution in [0.15, 0.2) is 23.1 Å². The highest BCUT2D eigenvalue weighted by molar-refractivity contribution is 7.89. The van der Waals surface area contributed by atoms with Gasteiger partial charge in [-0.1, -0.05) is 0 Å². The van der Waals surface area contributed by atoms with E-state index < -0.39 is 10.0 Å². The minimum Gasteiger partial charge on any atom is -0.497 e. The SMILES string of the molecule is C#CCCNS(=O)(=O)c1ccc(OC)cc1N. The molecule has 0 amide bonds. The van der Waals surface area contributed by atoms with Crippen molar-refractivity contribution >= 4 is 15.7 Å². The van der Waals surface area contributed by atoms with Crippen LogP contribution in [0, 0.1) is 12.3 Å². The van der Waals surface area contributed by atoms with Crippen LogP contribution in [0.1, 0.15) is 6.42 Å². The van der Waals surface area contributed by atoms with Crippen LogP contribution in [0.25, 0.3) is 0 Å². The van der Waals surface area contributed by atoms with Crippen molar-refractivity contribution in [3.05, 3.63) is 18.2 Å². The van der Waals surface area contributed by atoms with Crippen LogP contribution in [-0.2, 0) is 10.0 Å². The van der Waals surface area contributed by atoms with Crippen molar-refractivity contribution in [3.8, 4) is 18.1 Å². The van der Waals surface area contributed by atoms with Gasteiger partial charge in [0.25, 0.3) is 0 Å². The molecule has 3 N–H and O–H groups in total. The van der Waals surface area contributed by atoms with Crippen LogP contribution in [0.2, 0.25) is 0 Å². The molecule has 0 bridgehead atoms. The van der Waals surface area contributed by atoms with Crippen LogP contribution in [-0.4, -0.2) is 22.1 Å². The first-order chi connectivity index (χ1) is 8.01. The van der Waals surface area contributed by atoms with E-state index in [0.29, 0.717) is 12.2 Å². The molecule has 1 aromatic rings. The first-order valence-electron chi connectivity index (χ1n) is 4.88. The number of methoxy groups -OCH3 is 1. The Labute approximate surface area is 101 Å². The van der Waals surface area contributed by atoms with Crippen molar-refractivity contribution in [3.63, 3.8) is 0 Å². The first-order valence-corrected chi connectivity index (χ1v) is 6.36. The second-order valence-corrected chi connectivity index (χ2v) is 4.99. The Morgan fingerprint density at radius 3 is 2.76 bits per heavy atom. The van der Waals surface area contributed by atoms with Gasteiger partial charge in [0.1, 0.15) is 10.6 Å². The summed E-state index contributed by atoms with van der Waals surface area (Å²) in [5.74, 6) is 2.85. The smallest absolute Gasteiger partial charge is 0.242 e. The van der Waals surface area contributed by atoms with Gasteiger partial charge in [-0.3, -0.25) is 0 Å². The Kier molecular flexibility index (Phi) is 4.37. The molecule has 0 aliphatic rings. The number of ether oxygens (including phenoxy) is 1. The van der Waals surface area contributed by atoms with Crippen molar-refractivity contribution < 1.29 is 13.2 Å². The quantitative estimate of drug-likeness (QED) is 0.457. The van der Waals surface area contributed by atoms with Gasteiger partial charge >= 0.3 is 0 Å². The Morgan fingerprint density at radius 1 is 1.53 bits per heavy atom. The van der Waals surface area contributed by atoms with Crippen LogP contribution in [0.3, 0.4) is 0 Å². The molecule has 0 aliphatic heterocycles. The molecule has 6 heteroatoms. The number of terminal acetylenes is 1. The van der Waals surface area contributed by atoms with Gasteiger partial charge < -0.3 is 10.5 Å². The third kappa shape index (κ3) is 3.37. The zero-order valence-electron chi connectivity index (χ0n) is 9.43. The van der Waals surface area contributed by atoms with E-state index in [0.717, 1.165) is 0 Å². The number of hydrogen-bond acceptors (Lipinski definition) is 4. The van der Waals surface area contributed by atoms with E-state index in [1.54, 1.807) is 0 Å². The summed E-state index contributed by atoms with van der Waals surface area (Å²) in [6, 6.07) is 4.38. The lowest BCUT2D eigenvalue weighted by atomic mass is 10.3. The van der Waals surface area contributed by atoms with Gasteiger partial charge in [0.15, 0.2) is 0 Å². The Morgan fingerprint density at radius 2 is 2.24 bits per heavy atom. The first kappa shape index (κ1) is 13.4. The molecule has 1 aromatic carbocycles. The third-order valence-electron chi connectivity index (χ3n) is 2.07. The maximum absolute atomic E-state index is 11.8. The molecule has 5 nitrogen and oxygen atoms in total. The number of benzene rings is 1. The highest BCUT2D eigenvalue weighted by Gasteiger charge is 2.16. The molecule has 0 aromatic heterocycles. The van der Waals surface area contributed by atoms with E-state index in [4.69, 9.17) is 16.9 Å². The molecule has 1 rings (SSSR count). The summed E-state index contributed by atoms with van der Waals surface area (Å²) in [4.78, 5) is 0.0234. The average Bonchev–Trinajstić information content (AvgIpc) is 2.28. The average molecular weight is 254 g/mol. The van der Waals surface area contributed by atoms with Crippen LogP contribution < -0.4 is 15.2 Å². The zero-order valence-corrected chi connectivity index (χ0v) is 10.3. The molecule has 17 heavy (non-hydrogen) atoms. The van der Waals surface area contributed by atoms with Gasteiger partial charge in [0.05, 0.1) is 12.8 Å². The van der Waals surface area contributed by atoms with Crippen LogP contribution in [0.5, 0.6) is 5.75 Å². The molecule has 0 radical (unpaired) electrons. The summed E-state index contributed by atoms with van der Waals surface area (Å²) in [6.45, 7) is 0.185. The predicted molar refractivity (Wildman–Crippen MR) is 66.0 cm³/mol. The minimum atomic E-state index is -3.61. The second kappa shape index (κ2) is 5.57. The molecule has 0 atom stereocenters. The molecule has 0 unspecified atom stereocenters. The van der Waals surface area contributed by atoms with E-state index in [1.807, 2.05) is 0 Å². The third-order valence-corrected chi connectivity index (χ3v) is 3.60. The lowest BCUT2D eigenvalue weighted by Gasteiger charge is -2.09. The summed E-state index contributed by atoms with van der Waals surface area (Å²) < 4.78 is 31.0. The second-order valence-electron chi connectivity index (χ2n) is 3.26. The Bertz CT molecular complexity index is 532. The molecule has 0 saturated heterocycles. The topological polar surface area (TPSA) is 81.4 Å². The number of nitrogens with one attached hydrogen (secondary N) is 1. The van der Waals surface area contributed by atoms with Gasteiger partial charge in [0, 0.05) is 19.0 Å². The number of nitrogens with two attached hydrogens (primary N) is 1. The molecule has 0 saturated carbocycles. The van der Waals surface area contributed by atoms with Crippen molar-refractivity contribution in [1.82, 2.24) is 4.72 Å². The van der Waals surface area contributed by atoms with Crippen molar-refractivity contribution in [2.45, 2.75) is 11.3 Å². The van der Waals surface area contributed by atoms with E-state index in [9.17, 15) is 8.42 Å². The van der Waals surface area contributed by atoms with Gasteiger partial charge in [-0.2, -0.15) is 0 Å². The molecule has 0 fully saturated rings. The number of nitrogen functional groups attached to an aromatic ring is 1. The highest BCUT2D eigenvalue weighted by atomic mass is 32.2. The van der Waals surface area contributed by atoms with E-state index >= 15 is 0 Å². The van der Waals surface area contributed by atoms with Gasteiger partial charge in [-0.05, 0) is 12.1 Å². The summed E-state index contributed by atoms with van der Waals surface area (Å²) in [6.07, 6.45) is 5.37. The van der Waals surface area contributed by atoms with E-state index in [2.05, 4.69) is 10.6 Å². The van der Waals surface area contributed by atoms with E-state index in [1.165, 1.54) is 25.3 Å². The molecule has 0 aliphatic carbocycles. The van der Waals surface area contributed by atoms with Gasteiger partial charge in [-0.15, -0.1) is 12.3 Å². The minimum absolute atomic E-state index is 0.0234. The van der Waals surface area contributed by atoms with Crippen molar-refractivity contribution in [2.75, 3.05) is 19.4 Å². The zero-order chi connectivity index (χ0) is 12.9. The standard InChI is InChI=1S/C11H14N2O3S/c1-3-4-7-13-17(14,15)11-6-5-9(16-2)8-10(11)12/h1,5-6,8,13H,4,7,12H2,2H3. The molecular weight excluding hydrogens is 240 g/mol. The Balaban J connectivity index is 2.96. The largest absolute Gasteiger partial charge is 0.497 e. The van der Waals surface area contributed by atoms with Gasteiger partial charge in [0.2, 0.25) is 10.0 Å². The van der Waals surface area contributed by atoms with Crippen molar-refractivity contribution in [1.29, 1.82) is 0 Å². The van der Waals surface area contributed by atoms with E-state index in [-0.39, 0.29) is 17.1 Å². The van der Waals surface area contributed by atoms with Crippen LogP contribution in [0.4, 0.5) is 5.69 Å². The Hall–Kier alpha value is -1.71. The number of anilines is 1. The molecule has 92 valence electrons. The number of hydrogen-bond donors (Lipinski definition) is 2. The summed E-state index contributed by atoms with van der Waals surface area (Å²) in [5.41, 5.74) is 5.78. The summed E-state index contributed by atoms with van der Waals surface area (Å²) >= 11 is 0. The lowest BCUT2D eigenvalue weighted by Crippen LogP contribution is -2.25.